The first-order valence-electron chi connectivity index (χ1n) is 18.6. The number of rotatable bonds is 5. The summed E-state index contributed by atoms with van der Waals surface area (Å²) < 4.78 is 4.83. The van der Waals surface area contributed by atoms with Gasteiger partial charge in [-0.1, -0.05) is 146 Å². The van der Waals surface area contributed by atoms with Crippen LogP contribution in [0.15, 0.2) is 206 Å². The maximum atomic E-state index is 2.48. The average molecular weight is 687 g/mol. The highest BCUT2D eigenvalue weighted by molar-refractivity contribution is 6.19. The largest absolute Gasteiger partial charge is 0.316 e. The standard InChI is InChI=1S/C52H34N2/c1-3-14-35(15-4-1)40-31-41(36-16-5-2-6-17-36)34-43(33-40)53-29-28-48-49(53)27-26-47-46-24-11-12-25-50(46)54(52(47)48)42-21-13-20-39(32-42)51-44-22-9-7-18-37(44)30-38-19-8-10-23-45(38)51/h1-34H. The van der Waals surface area contributed by atoms with E-state index in [9.17, 15) is 0 Å². The van der Waals surface area contributed by atoms with Crippen LogP contribution in [0.2, 0.25) is 0 Å². The van der Waals surface area contributed by atoms with E-state index in [1.807, 2.05) is 0 Å². The van der Waals surface area contributed by atoms with Gasteiger partial charge >= 0.3 is 0 Å². The Labute approximate surface area is 313 Å². The van der Waals surface area contributed by atoms with Crippen LogP contribution < -0.4 is 0 Å². The highest BCUT2D eigenvalue weighted by atomic mass is 15.0. The zero-order valence-electron chi connectivity index (χ0n) is 29.5. The molecule has 0 atom stereocenters. The molecule has 2 heterocycles. The average Bonchev–Trinajstić information content (AvgIpc) is 3.83. The van der Waals surface area contributed by atoms with Gasteiger partial charge in [-0.25, -0.2) is 0 Å². The lowest BCUT2D eigenvalue weighted by atomic mass is 9.92. The van der Waals surface area contributed by atoms with Crippen molar-refractivity contribution in [1.82, 2.24) is 9.13 Å². The predicted octanol–water partition coefficient (Wildman–Crippen LogP) is 14.0. The summed E-state index contributed by atoms with van der Waals surface area (Å²) in [5.41, 5.74) is 13.2. The van der Waals surface area contributed by atoms with Gasteiger partial charge < -0.3 is 9.13 Å². The Kier molecular flexibility index (Phi) is 6.90. The fourth-order valence-corrected chi connectivity index (χ4v) is 8.64. The van der Waals surface area contributed by atoms with Crippen molar-refractivity contribution >= 4 is 54.3 Å². The molecular formula is C52H34N2. The van der Waals surface area contributed by atoms with Gasteiger partial charge in [-0.3, -0.25) is 0 Å². The monoisotopic (exact) mass is 686 g/mol. The molecule has 0 aliphatic heterocycles. The molecule has 11 rings (SSSR count). The normalized spacial score (nSPS) is 11.7. The second kappa shape index (κ2) is 12.2. The maximum absolute atomic E-state index is 2.48. The number of hydrogen-bond acceptors (Lipinski definition) is 0. The van der Waals surface area contributed by atoms with Crippen molar-refractivity contribution in [3.05, 3.63) is 206 Å². The van der Waals surface area contributed by atoms with E-state index in [0.717, 1.165) is 11.4 Å². The number of para-hydroxylation sites is 1. The molecule has 0 N–H and O–H groups in total. The van der Waals surface area contributed by atoms with Gasteiger partial charge in [0.1, 0.15) is 0 Å². The first kappa shape index (κ1) is 30.5. The number of hydrogen-bond donors (Lipinski definition) is 0. The van der Waals surface area contributed by atoms with E-state index < -0.39 is 0 Å². The molecule has 2 aromatic heterocycles. The van der Waals surface area contributed by atoms with Gasteiger partial charge in [0.15, 0.2) is 0 Å². The van der Waals surface area contributed by atoms with Gasteiger partial charge in [-0.2, -0.15) is 0 Å². The van der Waals surface area contributed by atoms with Crippen LogP contribution in [0, 0.1) is 0 Å². The number of fused-ring (bicyclic) bond motifs is 7. The molecule has 0 bridgehead atoms. The molecule has 0 fully saturated rings. The first-order chi connectivity index (χ1) is 26.8. The van der Waals surface area contributed by atoms with Crippen molar-refractivity contribution < 1.29 is 0 Å². The summed E-state index contributed by atoms with van der Waals surface area (Å²) in [6.07, 6.45) is 2.24. The number of benzene rings is 9. The molecule has 0 unspecified atom stereocenters. The minimum Gasteiger partial charge on any atom is -0.316 e. The molecule has 0 aliphatic carbocycles. The van der Waals surface area contributed by atoms with Crippen molar-refractivity contribution in [2.24, 2.45) is 0 Å². The van der Waals surface area contributed by atoms with Crippen LogP contribution in [0.5, 0.6) is 0 Å². The lowest BCUT2D eigenvalue weighted by Gasteiger charge is -2.15. The Morgan fingerprint density at radius 2 is 0.870 bits per heavy atom. The van der Waals surface area contributed by atoms with E-state index in [0.29, 0.717) is 0 Å². The second-order valence-corrected chi connectivity index (χ2v) is 14.2. The highest BCUT2D eigenvalue weighted by Gasteiger charge is 2.19. The van der Waals surface area contributed by atoms with Crippen LogP contribution in [0.4, 0.5) is 0 Å². The van der Waals surface area contributed by atoms with Gasteiger partial charge in [-0.05, 0) is 110 Å². The molecule has 2 nitrogen and oxygen atoms in total. The van der Waals surface area contributed by atoms with E-state index in [1.165, 1.54) is 87.6 Å². The Balaban J connectivity index is 1.15. The maximum Gasteiger partial charge on any atom is 0.0635 e. The van der Waals surface area contributed by atoms with E-state index >= 15 is 0 Å². The molecule has 0 spiro atoms. The van der Waals surface area contributed by atoms with Crippen molar-refractivity contribution in [2.45, 2.75) is 0 Å². The molecule has 0 radical (unpaired) electrons. The highest BCUT2D eigenvalue weighted by Crippen LogP contribution is 2.41. The number of aromatic nitrogens is 2. The molecule has 0 amide bonds. The van der Waals surface area contributed by atoms with E-state index in [2.05, 4.69) is 216 Å². The molecule has 252 valence electrons. The zero-order valence-corrected chi connectivity index (χ0v) is 29.5. The topological polar surface area (TPSA) is 9.86 Å². The smallest absolute Gasteiger partial charge is 0.0635 e. The summed E-state index contributed by atoms with van der Waals surface area (Å²) in [6, 6.07) is 73.0. The van der Waals surface area contributed by atoms with Crippen molar-refractivity contribution in [3.63, 3.8) is 0 Å². The van der Waals surface area contributed by atoms with Crippen LogP contribution in [0.1, 0.15) is 0 Å². The predicted molar refractivity (Wildman–Crippen MR) is 229 cm³/mol. The van der Waals surface area contributed by atoms with E-state index in [1.54, 1.807) is 0 Å². The summed E-state index contributed by atoms with van der Waals surface area (Å²) in [5, 5.41) is 8.76. The first-order valence-corrected chi connectivity index (χ1v) is 18.6. The molecule has 0 saturated heterocycles. The summed E-state index contributed by atoms with van der Waals surface area (Å²) in [5.74, 6) is 0. The SMILES string of the molecule is c1ccc(-c2cc(-c3ccccc3)cc(-n3ccc4c3ccc3c5ccccc5n(-c5cccc(-c6c7ccccc7cc7ccccc67)c5)c34)c2)cc1. The van der Waals surface area contributed by atoms with Gasteiger partial charge in [0.05, 0.1) is 16.6 Å². The van der Waals surface area contributed by atoms with Gasteiger partial charge in [0, 0.05) is 33.7 Å². The lowest BCUT2D eigenvalue weighted by Crippen LogP contribution is -1.96. The van der Waals surface area contributed by atoms with E-state index in [-0.39, 0.29) is 0 Å². The summed E-state index contributed by atoms with van der Waals surface area (Å²) in [7, 11) is 0. The molecular weight excluding hydrogens is 653 g/mol. The van der Waals surface area contributed by atoms with Crippen LogP contribution >= 0.6 is 0 Å². The summed E-state index contributed by atoms with van der Waals surface area (Å²) in [6.45, 7) is 0. The van der Waals surface area contributed by atoms with Gasteiger partial charge in [-0.15, -0.1) is 0 Å². The second-order valence-electron chi connectivity index (χ2n) is 14.2. The van der Waals surface area contributed by atoms with Crippen molar-refractivity contribution in [3.8, 4) is 44.8 Å². The van der Waals surface area contributed by atoms with Crippen molar-refractivity contribution in [2.75, 3.05) is 0 Å². The molecule has 54 heavy (non-hydrogen) atoms. The van der Waals surface area contributed by atoms with Crippen LogP contribution in [0.25, 0.3) is 99.0 Å². The third kappa shape index (κ3) is 4.81. The quantitative estimate of drug-likeness (QED) is 0.160. The Morgan fingerprint density at radius 1 is 0.296 bits per heavy atom. The lowest BCUT2D eigenvalue weighted by molar-refractivity contribution is 1.13. The van der Waals surface area contributed by atoms with Crippen molar-refractivity contribution in [1.29, 1.82) is 0 Å². The minimum atomic E-state index is 1.14. The molecule has 2 heteroatoms. The molecule has 0 saturated carbocycles. The third-order valence-electron chi connectivity index (χ3n) is 11.1. The van der Waals surface area contributed by atoms with E-state index in [4.69, 9.17) is 0 Å². The van der Waals surface area contributed by atoms with Gasteiger partial charge in [0.25, 0.3) is 0 Å². The Bertz CT molecular complexity index is 3090. The van der Waals surface area contributed by atoms with Crippen LogP contribution in [-0.4, -0.2) is 9.13 Å². The van der Waals surface area contributed by atoms with Crippen LogP contribution in [0.3, 0.4) is 0 Å². The minimum absolute atomic E-state index is 1.14. The van der Waals surface area contributed by atoms with Gasteiger partial charge in [0.2, 0.25) is 0 Å². The number of nitrogens with zero attached hydrogens (tertiary/aromatic N) is 2. The zero-order chi connectivity index (χ0) is 35.6. The summed E-state index contributed by atoms with van der Waals surface area (Å²) in [4.78, 5) is 0. The summed E-state index contributed by atoms with van der Waals surface area (Å²) >= 11 is 0. The Morgan fingerprint density at radius 3 is 1.56 bits per heavy atom. The Hall–Kier alpha value is -7.16. The fraction of sp³-hybridized carbons (Fsp3) is 0. The van der Waals surface area contributed by atoms with Crippen LogP contribution in [-0.2, 0) is 0 Å². The fourth-order valence-electron chi connectivity index (χ4n) is 8.64. The molecule has 9 aromatic carbocycles. The molecule has 0 aliphatic rings. The molecule has 11 aromatic rings. The third-order valence-corrected chi connectivity index (χ3v) is 11.1.